The van der Waals surface area contributed by atoms with Crippen molar-refractivity contribution >= 4 is 6.08 Å². The molecule has 0 N–H and O–H groups in total. The zero-order valence-corrected chi connectivity index (χ0v) is 10.5. The number of hydrogen-bond acceptors (Lipinski definition) is 0. The summed E-state index contributed by atoms with van der Waals surface area (Å²) < 4.78 is 0. The molecule has 82 valence electrons. The minimum Gasteiger partial charge on any atom is -0.0645 e. The molecule has 0 atom stereocenters. The van der Waals surface area contributed by atoms with Crippen LogP contribution < -0.4 is 0 Å². The lowest BCUT2D eigenvalue weighted by atomic mass is 9.91. The average molecular weight is 202 g/mol. The minimum atomic E-state index is 0.631. The van der Waals surface area contributed by atoms with Crippen LogP contribution in [0.3, 0.4) is 0 Å². The number of aryl methyl sites for hydroxylation is 1. The van der Waals surface area contributed by atoms with Gasteiger partial charge < -0.3 is 0 Å². The second kappa shape index (κ2) is 5.16. The first-order valence-corrected chi connectivity index (χ1v) is 5.79. The zero-order valence-electron chi connectivity index (χ0n) is 10.5. The Hall–Kier alpha value is -1.04. The Morgan fingerprint density at radius 3 is 1.80 bits per heavy atom. The van der Waals surface area contributed by atoms with Crippen molar-refractivity contribution in [2.24, 2.45) is 11.8 Å². The van der Waals surface area contributed by atoms with E-state index in [1.807, 2.05) is 0 Å². The highest BCUT2D eigenvalue weighted by atomic mass is 14.1. The van der Waals surface area contributed by atoms with Crippen LogP contribution in [0, 0.1) is 18.8 Å². The summed E-state index contributed by atoms with van der Waals surface area (Å²) in [6, 6.07) is 8.73. The van der Waals surface area contributed by atoms with Crippen molar-refractivity contribution in [2.45, 2.75) is 34.6 Å². The molecule has 0 heterocycles. The summed E-state index contributed by atoms with van der Waals surface area (Å²) in [5, 5.41) is 0. The van der Waals surface area contributed by atoms with Crippen molar-refractivity contribution in [1.82, 2.24) is 0 Å². The van der Waals surface area contributed by atoms with Crippen molar-refractivity contribution in [1.29, 1.82) is 0 Å². The molecule has 1 aromatic carbocycles. The standard InChI is InChI=1S/C15H22/c1-11(2)15(12(3)4)10-14-8-6-13(5)7-9-14/h6-12H,1-5H3. The van der Waals surface area contributed by atoms with Crippen molar-refractivity contribution in [2.75, 3.05) is 0 Å². The van der Waals surface area contributed by atoms with Crippen LogP contribution in [0.15, 0.2) is 29.8 Å². The lowest BCUT2D eigenvalue weighted by Crippen LogP contribution is -2.01. The smallest absolute Gasteiger partial charge is 0.0254 e. The fourth-order valence-corrected chi connectivity index (χ4v) is 1.86. The van der Waals surface area contributed by atoms with Crippen LogP contribution in [0.1, 0.15) is 38.8 Å². The van der Waals surface area contributed by atoms with Gasteiger partial charge in [0.05, 0.1) is 0 Å². The van der Waals surface area contributed by atoms with Gasteiger partial charge in [-0.15, -0.1) is 0 Å². The van der Waals surface area contributed by atoms with E-state index in [-0.39, 0.29) is 0 Å². The molecule has 0 amide bonds. The predicted octanol–water partition coefficient (Wildman–Crippen LogP) is 4.69. The van der Waals surface area contributed by atoms with Gasteiger partial charge in [-0.25, -0.2) is 0 Å². The predicted molar refractivity (Wildman–Crippen MR) is 68.8 cm³/mol. The largest absolute Gasteiger partial charge is 0.0645 e. The molecule has 0 aliphatic rings. The lowest BCUT2D eigenvalue weighted by Gasteiger charge is -2.15. The Morgan fingerprint density at radius 1 is 0.933 bits per heavy atom. The quantitative estimate of drug-likeness (QED) is 0.667. The van der Waals surface area contributed by atoms with Crippen LogP contribution in [0.5, 0.6) is 0 Å². The molecule has 0 fully saturated rings. The van der Waals surface area contributed by atoms with E-state index in [1.54, 1.807) is 0 Å². The molecular weight excluding hydrogens is 180 g/mol. The highest BCUT2D eigenvalue weighted by Gasteiger charge is 2.07. The van der Waals surface area contributed by atoms with Crippen molar-refractivity contribution < 1.29 is 0 Å². The maximum Gasteiger partial charge on any atom is -0.0254 e. The molecule has 0 radical (unpaired) electrons. The second-order valence-corrected chi connectivity index (χ2v) is 4.86. The van der Waals surface area contributed by atoms with Gasteiger partial charge >= 0.3 is 0 Å². The molecule has 0 unspecified atom stereocenters. The van der Waals surface area contributed by atoms with E-state index in [0.29, 0.717) is 11.8 Å². The van der Waals surface area contributed by atoms with Gasteiger partial charge in [0, 0.05) is 0 Å². The summed E-state index contributed by atoms with van der Waals surface area (Å²) in [4.78, 5) is 0. The summed E-state index contributed by atoms with van der Waals surface area (Å²) in [5.41, 5.74) is 4.17. The summed E-state index contributed by atoms with van der Waals surface area (Å²) in [6.07, 6.45) is 2.33. The van der Waals surface area contributed by atoms with Gasteiger partial charge in [-0.2, -0.15) is 0 Å². The van der Waals surface area contributed by atoms with Crippen LogP contribution >= 0.6 is 0 Å². The van der Waals surface area contributed by atoms with E-state index in [2.05, 4.69) is 65.0 Å². The van der Waals surface area contributed by atoms with Crippen LogP contribution in [0.2, 0.25) is 0 Å². The van der Waals surface area contributed by atoms with E-state index in [9.17, 15) is 0 Å². The number of allylic oxidation sites excluding steroid dienone is 1. The van der Waals surface area contributed by atoms with Gasteiger partial charge in [-0.05, 0) is 24.3 Å². The number of benzene rings is 1. The molecule has 0 aliphatic heterocycles. The van der Waals surface area contributed by atoms with Gasteiger partial charge in [0.1, 0.15) is 0 Å². The van der Waals surface area contributed by atoms with E-state index in [0.717, 1.165) is 0 Å². The fraction of sp³-hybridized carbons (Fsp3) is 0.467. The van der Waals surface area contributed by atoms with E-state index in [1.165, 1.54) is 16.7 Å². The maximum atomic E-state index is 2.33. The summed E-state index contributed by atoms with van der Waals surface area (Å²) >= 11 is 0. The third-order valence-electron chi connectivity index (χ3n) is 2.74. The maximum absolute atomic E-state index is 2.33. The Kier molecular flexibility index (Phi) is 4.14. The fourth-order valence-electron chi connectivity index (χ4n) is 1.86. The first-order chi connectivity index (χ1) is 7.00. The molecule has 15 heavy (non-hydrogen) atoms. The van der Waals surface area contributed by atoms with E-state index < -0.39 is 0 Å². The van der Waals surface area contributed by atoms with E-state index in [4.69, 9.17) is 0 Å². The Labute approximate surface area is 94.0 Å². The number of hydrogen-bond donors (Lipinski definition) is 0. The van der Waals surface area contributed by atoms with Crippen LogP contribution in [-0.2, 0) is 0 Å². The van der Waals surface area contributed by atoms with Crippen molar-refractivity contribution in [3.63, 3.8) is 0 Å². The van der Waals surface area contributed by atoms with Gasteiger partial charge in [0.2, 0.25) is 0 Å². The molecule has 0 aromatic heterocycles. The third kappa shape index (κ3) is 3.54. The SMILES string of the molecule is Cc1ccc(C=C(C(C)C)C(C)C)cc1. The summed E-state index contributed by atoms with van der Waals surface area (Å²) in [5.74, 6) is 1.26. The van der Waals surface area contributed by atoms with Gasteiger partial charge in [0.25, 0.3) is 0 Å². The molecule has 0 nitrogen and oxygen atoms in total. The molecule has 1 rings (SSSR count). The highest BCUT2D eigenvalue weighted by Crippen LogP contribution is 2.22. The second-order valence-electron chi connectivity index (χ2n) is 4.86. The molecule has 0 bridgehead atoms. The molecule has 0 aliphatic carbocycles. The van der Waals surface area contributed by atoms with E-state index >= 15 is 0 Å². The minimum absolute atomic E-state index is 0.631. The molecule has 0 saturated carbocycles. The van der Waals surface area contributed by atoms with Crippen LogP contribution in [0.25, 0.3) is 6.08 Å². The topological polar surface area (TPSA) is 0 Å². The van der Waals surface area contributed by atoms with Gasteiger partial charge in [0.15, 0.2) is 0 Å². The first kappa shape index (κ1) is 12.0. The zero-order chi connectivity index (χ0) is 11.4. The normalized spacial score (nSPS) is 10.9. The Balaban J connectivity index is 2.97. The lowest BCUT2D eigenvalue weighted by molar-refractivity contribution is 0.632. The molecule has 0 heteroatoms. The Bertz CT molecular complexity index is 316. The van der Waals surface area contributed by atoms with Crippen LogP contribution in [0.4, 0.5) is 0 Å². The average Bonchev–Trinajstić information content (AvgIpc) is 2.15. The first-order valence-electron chi connectivity index (χ1n) is 5.79. The van der Waals surface area contributed by atoms with Gasteiger partial charge in [-0.3, -0.25) is 0 Å². The molecular formula is C15H22. The molecule has 0 spiro atoms. The third-order valence-corrected chi connectivity index (χ3v) is 2.74. The van der Waals surface area contributed by atoms with Crippen LogP contribution in [-0.4, -0.2) is 0 Å². The monoisotopic (exact) mass is 202 g/mol. The summed E-state index contributed by atoms with van der Waals surface area (Å²) in [7, 11) is 0. The van der Waals surface area contributed by atoms with Crippen molar-refractivity contribution in [3.8, 4) is 0 Å². The van der Waals surface area contributed by atoms with Crippen molar-refractivity contribution in [3.05, 3.63) is 41.0 Å². The molecule has 1 aromatic rings. The molecule has 0 saturated heterocycles. The number of rotatable bonds is 3. The van der Waals surface area contributed by atoms with Gasteiger partial charge in [-0.1, -0.05) is 69.2 Å². The Morgan fingerprint density at radius 2 is 1.40 bits per heavy atom. The highest BCUT2D eigenvalue weighted by molar-refractivity contribution is 5.54. The summed E-state index contributed by atoms with van der Waals surface area (Å²) in [6.45, 7) is 11.2.